The molecule has 3 rings (SSSR count). The first-order chi connectivity index (χ1) is 12.5. The Labute approximate surface area is 152 Å². The number of hydrogen-bond acceptors (Lipinski definition) is 5. The minimum Gasteiger partial charge on any atom is -0.493 e. The number of hydrogen-bond donors (Lipinski definition) is 0. The maximum absolute atomic E-state index is 13.0. The molecule has 26 heavy (non-hydrogen) atoms. The van der Waals surface area contributed by atoms with Crippen molar-refractivity contribution in [1.29, 1.82) is 0 Å². The van der Waals surface area contributed by atoms with Gasteiger partial charge in [0.2, 0.25) is 0 Å². The van der Waals surface area contributed by atoms with Gasteiger partial charge in [-0.05, 0) is 38.0 Å². The summed E-state index contributed by atoms with van der Waals surface area (Å²) in [7, 11) is 3.08. The molecule has 0 aliphatic heterocycles. The maximum Gasteiger partial charge on any atom is 0.282 e. The third-order valence-electron chi connectivity index (χ3n) is 4.89. The normalized spacial score (nSPS) is 14.9. The molecule has 1 aromatic carbocycles. The van der Waals surface area contributed by atoms with Gasteiger partial charge in [0, 0.05) is 12.0 Å². The highest BCUT2D eigenvalue weighted by Gasteiger charge is 2.26. The largest absolute Gasteiger partial charge is 0.493 e. The highest BCUT2D eigenvalue weighted by molar-refractivity contribution is 5.97. The van der Waals surface area contributed by atoms with Crippen molar-refractivity contribution >= 4 is 5.78 Å². The number of carbonyl (C=O) groups is 1. The topological polar surface area (TPSA) is 70.4 Å². The Hall–Kier alpha value is -2.63. The van der Waals surface area contributed by atoms with Crippen molar-refractivity contribution in [3.8, 4) is 17.2 Å². The standard InChI is InChI=1S/C20H24N2O4/c1-13-11-16(19(23)14-7-5-4-6-8-14)20(24)22(21-13)15-9-10-17(25-2)18(12-15)26-3/h9-12,14H,4-8H2,1-3H3. The second-order valence-corrected chi connectivity index (χ2v) is 6.65. The number of rotatable bonds is 5. The van der Waals surface area contributed by atoms with Gasteiger partial charge in [-0.1, -0.05) is 19.3 Å². The molecule has 0 atom stereocenters. The van der Waals surface area contributed by atoms with Gasteiger partial charge in [0.25, 0.3) is 5.56 Å². The molecule has 0 N–H and O–H groups in total. The van der Waals surface area contributed by atoms with Crippen molar-refractivity contribution < 1.29 is 14.3 Å². The number of aromatic nitrogens is 2. The zero-order valence-electron chi connectivity index (χ0n) is 15.4. The molecule has 0 bridgehead atoms. The molecular formula is C20H24N2O4. The van der Waals surface area contributed by atoms with Crippen molar-refractivity contribution in [2.24, 2.45) is 5.92 Å². The molecule has 1 aromatic heterocycles. The van der Waals surface area contributed by atoms with Crippen LogP contribution < -0.4 is 15.0 Å². The molecule has 1 aliphatic rings. The average Bonchev–Trinajstić information content (AvgIpc) is 2.69. The summed E-state index contributed by atoms with van der Waals surface area (Å²) < 4.78 is 11.8. The molecule has 1 fully saturated rings. The lowest BCUT2D eigenvalue weighted by molar-refractivity contribution is 0.0887. The van der Waals surface area contributed by atoms with Crippen molar-refractivity contribution in [1.82, 2.24) is 9.78 Å². The number of Topliss-reactive ketones (excluding diaryl/α,β-unsaturated/α-hetero) is 1. The van der Waals surface area contributed by atoms with E-state index in [1.165, 1.54) is 11.8 Å². The number of carbonyl (C=O) groups excluding carboxylic acids is 1. The van der Waals surface area contributed by atoms with Crippen LogP contribution in [-0.2, 0) is 0 Å². The van der Waals surface area contributed by atoms with E-state index in [0.29, 0.717) is 22.9 Å². The fourth-order valence-corrected chi connectivity index (χ4v) is 3.51. The van der Waals surface area contributed by atoms with Gasteiger partial charge in [0.1, 0.15) is 0 Å². The second kappa shape index (κ2) is 7.72. The molecule has 0 spiro atoms. The van der Waals surface area contributed by atoms with E-state index in [1.807, 2.05) is 0 Å². The number of nitrogens with zero attached hydrogens (tertiary/aromatic N) is 2. The molecule has 138 valence electrons. The lowest BCUT2D eigenvalue weighted by Gasteiger charge is -2.20. The first kappa shape index (κ1) is 18.2. The molecule has 2 aromatic rings. The van der Waals surface area contributed by atoms with Crippen molar-refractivity contribution in [3.63, 3.8) is 0 Å². The predicted octanol–water partition coefficient (Wildman–Crippen LogP) is 3.32. The van der Waals surface area contributed by atoms with Crippen LogP contribution in [0, 0.1) is 12.8 Å². The minimum absolute atomic E-state index is 0.0582. The summed E-state index contributed by atoms with van der Waals surface area (Å²) in [5.74, 6) is 0.947. The van der Waals surface area contributed by atoms with E-state index < -0.39 is 5.56 Å². The third-order valence-corrected chi connectivity index (χ3v) is 4.89. The average molecular weight is 356 g/mol. The Balaban J connectivity index is 2.05. The van der Waals surface area contributed by atoms with Gasteiger partial charge in [-0.3, -0.25) is 9.59 Å². The smallest absolute Gasteiger partial charge is 0.282 e. The van der Waals surface area contributed by atoms with E-state index in [9.17, 15) is 9.59 Å². The van der Waals surface area contributed by atoms with Gasteiger partial charge < -0.3 is 9.47 Å². The van der Waals surface area contributed by atoms with Crippen LogP contribution in [0.3, 0.4) is 0 Å². The molecule has 1 heterocycles. The minimum atomic E-state index is -0.390. The quantitative estimate of drug-likeness (QED) is 0.769. The van der Waals surface area contributed by atoms with Gasteiger partial charge in [-0.25, -0.2) is 0 Å². The van der Waals surface area contributed by atoms with Crippen molar-refractivity contribution in [2.45, 2.75) is 39.0 Å². The lowest BCUT2D eigenvalue weighted by atomic mass is 9.84. The lowest BCUT2D eigenvalue weighted by Crippen LogP contribution is -2.31. The Bertz CT molecular complexity index is 867. The number of benzene rings is 1. The molecule has 6 heteroatoms. The van der Waals surface area contributed by atoms with E-state index in [-0.39, 0.29) is 17.3 Å². The van der Waals surface area contributed by atoms with Crippen LogP contribution in [0.2, 0.25) is 0 Å². The molecule has 1 aliphatic carbocycles. The molecule has 0 saturated heterocycles. The molecular weight excluding hydrogens is 332 g/mol. The summed E-state index contributed by atoms with van der Waals surface area (Å²) in [5.41, 5.74) is 0.991. The number of ether oxygens (including phenoxy) is 2. The molecule has 0 amide bonds. The number of aryl methyl sites for hydroxylation is 1. The van der Waals surface area contributed by atoms with Crippen LogP contribution in [-0.4, -0.2) is 29.8 Å². The van der Waals surface area contributed by atoms with Gasteiger partial charge in [0.15, 0.2) is 17.3 Å². The highest BCUT2D eigenvalue weighted by Crippen LogP contribution is 2.29. The van der Waals surface area contributed by atoms with Crippen LogP contribution in [0.4, 0.5) is 0 Å². The summed E-state index contributed by atoms with van der Waals surface area (Å²) in [4.78, 5) is 25.9. The van der Waals surface area contributed by atoms with Crippen molar-refractivity contribution in [2.75, 3.05) is 14.2 Å². The molecule has 1 saturated carbocycles. The number of methoxy groups -OCH3 is 2. The van der Waals surface area contributed by atoms with E-state index >= 15 is 0 Å². The molecule has 6 nitrogen and oxygen atoms in total. The summed E-state index contributed by atoms with van der Waals surface area (Å²) in [6, 6.07) is 6.73. The molecule has 0 radical (unpaired) electrons. The van der Waals surface area contributed by atoms with Crippen LogP contribution in [0.1, 0.15) is 48.2 Å². The fraction of sp³-hybridized carbons (Fsp3) is 0.450. The monoisotopic (exact) mass is 356 g/mol. The SMILES string of the molecule is COc1ccc(-n2nc(C)cc(C(=O)C3CCCCC3)c2=O)cc1OC. The Morgan fingerprint density at radius 1 is 1.08 bits per heavy atom. The maximum atomic E-state index is 13.0. The Kier molecular flexibility index (Phi) is 5.40. The van der Waals surface area contributed by atoms with Crippen molar-refractivity contribution in [3.05, 3.63) is 45.9 Å². The first-order valence-electron chi connectivity index (χ1n) is 8.92. The Morgan fingerprint density at radius 2 is 1.77 bits per heavy atom. The highest BCUT2D eigenvalue weighted by atomic mass is 16.5. The van der Waals surface area contributed by atoms with Gasteiger partial charge >= 0.3 is 0 Å². The fourth-order valence-electron chi connectivity index (χ4n) is 3.51. The van der Waals surface area contributed by atoms with Crippen LogP contribution in [0.25, 0.3) is 5.69 Å². The van der Waals surface area contributed by atoms with Crippen LogP contribution in [0.5, 0.6) is 11.5 Å². The summed E-state index contributed by atoms with van der Waals surface area (Å²) in [5, 5.41) is 4.32. The first-order valence-corrected chi connectivity index (χ1v) is 8.92. The Morgan fingerprint density at radius 3 is 2.42 bits per heavy atom. The summed E-state index contributed by atoms with van der Waals surface area (Å²) in [6.07, 6.45) is 4.97. The van der Waals surface area contributed by atoms with E-state index in [4.69, 9.17) is 9.47 Å². The van der Waals surface area contributed by atoms with Crippen LogP contribution in [0.15, 0.2) is 29.1 Å². The van der Waals surface area contributed by atoms with Gasteiger partial charge in [0.05, 0.1) is 31.2 Å². The zero-order chi connectivity index (χ0) is 18.7. The number of ketones is 1. The zero-order valence-corrected chi connectivity index (χ0v) is 15.4. The predicted molar refractivity (Wildman–Crippen MR) is 98.6 cm³/mol. The van der Waals surface area contributed by atoms with Gasteiger partial charge in [-0.2, -0.15) is 9.78 Å². The third kappa shape index (κ3) is 3.49. The summed E-state index contributed by atoms with van der Waals surface area (Å²) in [6.45, 7) is 1.79. The second-order valence-electron chi connectivity index (χ2n) is 6.65. The molecule has 0 unspecified atom stereocenters. The summed E-state index contributed by atoms with van der Waals surface area (Å²) >= 11 is 0. The van der Waals surface area contributed by atoms with E-state index in [0.717, 1.165) is 32.1 Å². The van der Waals surface area contributed by atoms with E-state index in [1.54, 1.807) is 38.3 Å². The van der Waals surface area contributed by atoms with E-state index in [2.05, 4.69) is 5.10 Å². The van der Waals surface area contributed by atoms with Crippen LogP contribution >= 0.6 is 0 Å². The van der Waals surface area contributed by atoms with Gasteiger partial charge in [-0.15, -0.1) is 0 Å².